The first-order valence-electron chi connectivity index (χ1n) is 9.96. The minimum Gasteiger partial charge on any atom is -0.492 e. The molecule has 0 amide bonds. The van der Waals surface area contributed by atoms with E-state index < -0.39 is 11.9 Å². The number of nitrogens with zero attached hydrogens (tertiary/aromatic N) is 4. The van der Waals surface area contributed by atoms with Crippen molar-refractivity contribution in [3.8, 4) is 16.3 Å². The van der Waals surface area contributed by atoms with Crippen LogP contribution < -0.4 is 10.1 Å². The van der Waals surface area contributed by atoms with E-state index in [1.165, 1.54) is 0 Å². The number of thiophene rings is 1. The number of imidazole rings is 1. The highest BCUT2D eigenvalue weighted by Gasteiger charge is 2.04. The Morgan fingerprint density at radius 3 is 2.59 bits per heavy atom. The van der Waals surface area contributed by atoms with Gasteiger partial charge in [-0.3, -0.25) is 0 Å². The normalized spacial score (nSPS) is 10.4. The van der Waals surface area contributed by atoms with Gasteiger partial charge in [-0.05, 0) is 29.6 Å². The van der Waals surface area contributed by atoms with E-state index in [4.69, 9.17) is 14.9 Å². The number of hydrogen-bond donors (Lipinski definition) is 3. The van der Waals surface area contributed by atoms with Crippen LogP contribution in [0.1, 0.15) is 0 Å². The SMILES string of the molecule is O=C(O)C=CC(=O)O.c1cc(Nc2nccc(-c3cccs3)n2)cc(OCCn2ccnc2)c1. The number of anilines is 2. The van der Waals surface area contributed by atoms with Gasteiger partial charge in [0.05, 0.1) is 23.4 Å². The fourth-order valence-corrected chi connectivity index (χ4v) is 3.30. The van der Waals surface area contributed by atoms with Gasteiger partial charge < -0.3 is 24.8 Å². The number of aliphatic carboxylic acids is 2. The molecule has 0 aliphatic heterocycles. The zero-order valence-electron chi connectivity index (χ0n) is 17.8. The minimum atomic E-state index is -1.26. The molecule has 0 saturated heterocycles. The summed E-state index contributed by atoms with van der Waals surface area (Å²) in [5.74, 6) is -1.16. The molecule has 0 bridgehead atoms. The Kier molecular flexibility index (Phi) is 8.88. The van der Waals surface area contributed by atoms with Crippen LogP contribution >= 0.6 is 11.3 Å². The molecule has 10 nitrogen and oxygen atoms in total. The molecule has 3 aromatic heterocycles. The van der Waals surface area contributed by atoms with Crippen molar-refractivity contribution < 1.29 is 24.5 Å². The number of carbonyl (C=O) groups is 2. The average molecular weight is 480 g/mol. The molecule has 0 radical (unpaired) electrons. The van der Waals surface area contributed by atoms with Crippen LogP contribution in [0.15, 0.2) is 84.9 Å². The Hall–Kier alpha value is -4.51. The maximum atomic E-state index is 9.55. The highest BCUT2D eigenvalue weighted by molar-refractivity contribution is 7.13. The van der Waals surface area contributed by atoms with Gasteiger partial charge in [-0.1, -0.05) is 12.1 Å². The van der Waals surface area contributed by atoms with E-state index in [1.54, 1.807) is 30.1 Å². The summed E-state index contributed by atoms with van der Waals surface area (Å²) in [6.07, 6.45) is 8.33. The second-order valence-electron chi connectivity index (χ2n) is 6.55. The predicted molar refractivity (Wildman–Crippen MR) is 127 cm³/mol. The van der Waals surface area contributed by atoms with Crippen LogP contribution in [-0.2, 0) is 16.1 Å². The van der Waals surface area contributed by atoms with Crippen LogP contribution in [0.4, 0.5) is 11.6 Å². The molecule has 34 heavy (non-hydrogen) atoms. The first-order chi connectivity index (χ1) is 16.5. The molecule has 0 spiro atoms. The van der Waals surface area contributed by atoms with Gasteiger partial charge in [0.25, 0.3) is 0 Å². The van der Waals surface area contributed by atoms with Gasteiger partial charge in [0.2, 0.25) is 5.95 Å². The Morgan fingerprint density at radius 1 is 1.09 bits per heavy atom. The molecule has 3 N–H and O–H groups in total. The summed E-state index contributed by atoms with van der Waals surface area (Å²) in [7, 11) is 0. The molecule has 0 fully saturated rings. The van der Waals surface area contributed by atoms with E-state index in [1.807, 2.05) is 58.6 Å². The number of carboxylic acids is 2. The Morgan fingerprint density at radius 2 is 1.91 bits per heavy atom. The number of hydrogen-bond acceptors (Lipinski definition) is 8. The lowest BCUT2D eigenvalue weighted by atomic mass is 10.3. The number of benzene rings is 1. The molecule has 4 aromatic rings. The van der Waals surface area contributed by atoms with Gasteiger partial charge in [-0.15, -0.1) is 11.3 Å². The standard InChI is InChI=1S/C19H17N5OS.C4H4O4/c1-3-15(13-16(4-1)25-11-10-24-9-8-20-14-24)22-19-21-7-6-17(23-19)18-5-2-12-26-18;5-3(6)1-2-4(7)8/h1-9,12-14H,10-11H2,(H,21,22,23);1-2H,(H,5,6)(H,7,8). The van der Waals surface area contributed by atoms with Crippen molar-refractivity contribution in [2.24, 2.45) is 0 Å². The Labute approximate surface area is 198 Å². The zero-order valence-corrected chi connectivity index (χ0v) is 18.6. The van der Waals surface area contributed by atoms with E-state index >= 15 is 0 Å². The van der Waals surface area contributed by atoms with Gasteiger partial charge >= 0.3 is 11.9 Å². The summed E-state index contributed by atoms with van der Waals surface area (Å²) < 4.78 is 7.79. The Bertz CT molecular complexity index is 1210. The van der Waals surface area contributed by atoms with Crippen molar-refractivity contribution >= 4 is 34.9 Å². The number of aromatic nitrogens is 4. The van der Waals surface area contributed by atoms with Gasteiger partial charge in [0.15, 0.2) is 0 Å². The first-order valence-corrected chi connectivity index (χ1v) is 10.8. The van der Waals surface area contributed by atoms with Crippen LogP contribution in [0.25, 0.3) is 10.6 Å². The summed E-state index contributed by atoms with van der Waals surface area (Å²) in [4.78, 5) is 33.1. The molecule has 3 heterocycles. The molecular weight excluding hydrogens is 458 g/mol. The molecule has 0 atom stereocenters. The van der Waals surface area contributed by atoms with Crippen molar-refractivity contribution in [3.05, 3.63) is 84.9 Å². The largest absolute Gasteiger partial charge is 0.492 e. The minimum absolute atomic E-state index is 0.558. The van der Waals surface area contributed by atoms with Gasteiger partial charge in [0, 0.05) is 42.5 Å². The van der Waals surface area contributed by atoms with Crippen LogP contribution in [0.3, 0.4) is 0 Å². The van der Waals surface area contributed by atoms with Gasteiger partial charge in [0.1, 0.15) is 12.4 Å². The smallest absolute Gasteiger partial charge is 0.328 e. The summed E-state index contributed by atoms with van der Waals surface area (Å²) in [5.41, 5.74) is 1.79. The molecule has 0 unspecified atom stereocenters. The van der Waals surface area contributed by atoms with Crippen LogP contribution in [0.2, 0.25) is 0 Å². The molecule has 0 aliphatic rings. The molecule has 0 aliphatic carbocycles. The third-order valence-corrected chi connectivity index (χ3v) is 4.96. The summed E-state index contributed by atoms with van der Waals surface area (Å²) in [6, 6.07) is 13.7. The number of ether oxygens (including phenoxy) is 1. The van der Waals surface area contributed by atoms with Crippen LogP contribution in [0, 0.1) is 0 Å². The molecular formula is C23H21N5O5S. The topological polar surface area (TPSA) is 139 Å². The third-order valence-electron chi connectivity index (χ3n) is 4.07. The summed E-state index contributed by atoms with van der Waals surface area (Å²) in [5, 5.41) is 20.9. The highest BCUT2D eigenvalue weighted by Crippen LogP contribution is 2.24. The number of carboxylic acid groups (broad SMARTS) is 2. The van der Waals surface area contributed by atoms with E-state index in [9.17, 15) is 9.59 Å². The van der Waals surface area contributed by atoms with E-state index in [0.29, 0.717) is 24.7 Å². The monoisotopic (exact) mass is 479 g/mol. The fraction of sp³-hybridized carbons (Fsp3) is 0.0870. The van der Waals surface area contributed by atoms with Gasteiger partial charge in [-0.2, -0.15) is 0 Å². The zero-order chi connectivity index (χ0) is 24.2. The van der Waals surface area contributed by atoms with Crippen molar-refractivity contribution in [1.29, 1.82) is 0 Å². The van der Waals surface area contributed by atoms with E-state index in [2.05, 4.69) is 20.3 Å². The molecule has 1 aromatic carbocycles. The molecule has 174 valence electrons. The second-order valence-corrected chi connectivity index (χ2v) is 7.50. The predicted octanol–water partition coefficient (Wildman–Crippen LogP) is 3.94. The van der Waals surface area contributed by atoms with E-state index in [0.717, 1.165) is 28.6 Å². The maximum Gasteiger partial charge on any atom is 0.328 e. The van der Waals surface area contributed by atoms with Crippen molar-refractivity contribution in [1.82, 2.24) is 19.5 Å². The third kappa shape index (κ3) is 8.20. The second kappa shape index (κ2) is 12.5. The fourth-order valence-electron chi connectivity index (χ4n) is 2.60. The van der Waals surface area contributed by atoms with E-state index in [-0.39, 0.29) is 0 Å². The van der Waals surface area contributed by atoms with Crippen molar-refractivity contribution in [2.75, 3.05) is 11.9 Å². The summed E-state index contributed by atoms with van der Waals surface area (Å²) in [6.45, 7) is 1.33. The first kappa shape index (κ1) is 24.1. The number of nitrogens with one attached hydrogen (secondary N) is 1. The number of rotatable bonds is 9. The quantitative estimate of drug-likeness (QED) is 0.305. The molecule has 4 rings (SSSR count). The lowest BCUT2D eigenvalue weighted by Gasteiger charge is -2.10. The van der Waals surface area contributed by atoms with Crippen LogP contribution in [0.5, 0.6) is 5.75 Å². The van der Waals surface area contributed by atoms with Gasteiger partial charge in [-0.25, -0.2) is 24.5 Å². The average Bonchev–Trinajstić information content (AvgIpc) is 3.53. The molecule has 0 saturated carbocycles. The van der Waals surface area contributed by atoms with Crippen molar-refractivity contribution in [3.63, 3.8) is 0 Å². The maximum absolute atomic E-state index is 9.55. The van der Waals surface area contributed by atoms with Crippen molar-refractivity contribution in [2.45, 2.75) is 6.54 Å². The highest BCUT2D eigenvalue weighted by atomic mass is 32.1. The molecule has 11 heteroatoms. The Balaban J connectivity index is 0.000000350. The van der Waals surface area contributed by atoms with Crippen LogP contribution in [-0.4, -0.2) is 48.3 Å². The lowest BCUT2D eigenvalue weighted by molar-refractivity contribution is -0.134. The summed E-state index contributed by atoms with van der Waals surface area (Å²) >= 11 is 1.66. The lowest BCUT2D eigenvalue weighted by Crippen LogP contribution is -2.06.